The van der Waals surface area contributed by atoms with E-state index < -0.39 is 29.5 Å². The first kappa shape index (κ1) is 17.2. The third-order valence-electron chi connectivity index (χ3n) is 3.05. The molecule has 0 fully saturated rings. The molecule has 0 aliphatic rings. The minimum Gasteiger partial charge on any atom is -0.480 e. The zero-order valence-corrected chi connectivity index (χ0v) is 12.9. The Hall–Kier alpha value is -1.88. The second kappa shape index (κ2) is 6.72. The molecule has 0 bridgehead atoms. The summed E-state index contributed by atoms with van der Waals surface area (Å²) in [5.74, 6) is -2.88. The Morgan fingerprint density at radius 1 is 1.24 bits per heavy atom. The molecule has 1 aromatic rings. The number of benzene rings is 1. The molecule has 1 rings (SSSR count). The van der Waals surface area contributed by atoms with Crippen molar-refractivity contribution in [1.82, 2.24) is 0 Å². The van der Waals surface area contributed by atoms with Crippen LogP contribution in [0.2, 0.25) is 0 Å². The Labute approximate surface area is 125 Å². The highest BCUT2D eigenvalue weighted by molar-refractivity contribution is 5.87. The number of nitrogens with two attached hydrogens (primary N) is 1. The van der Waals surface area contributed by atoms with Crippen LogP contribution in [0.25, 0.3) is 0 Å². The number of carbonyl (C=O) groups is 2. The average molecular weight is 293 g/mol. The third-order valence-corrected chi connectivity index (χ3v) is 3.05. The van der Waals surface area contributed by atoms with E-state index in [1.54, 1.807) is 32.9 Å². The predicted octanol–water partition coefficient (Wildman–Crippen LogP) is 2.09. The molecule has 0 heterocycles. The van der Waals surface area contributed by atoms with Crippen molar-refractivity contribution in [1.29, 1.82) is 0 Å². The van der Waals surface area contributed by atoms with Crippen molar-refractivity contribution in [2.24, 2.45) is 5.73 Å². The van der Waals surface area contributed by atoms with E-state index in [1.165, 1.54) is 0 Å². The van der Waals surface area contributed by atoms with Gasteiger partial charge in [-0.3, -0.25) is 9.59 Å². The van der Waals surface area contributed by atoms with Crippen molar-refractivity contribution in [3.05, 3.63) is 35.4 Å². The number of carboxylic acid groups (broad SMARTS) is 1. The number of carbonyl (C=O) groups excluding carboxylic acids is 1. The van der Waals surface area contributed by atoms with Crippen LogP contribution in [0, 0.1) is 0 Å². The lowest BCUT2D eigenvalue weighted by molar-refractivity contribution is -0.160. The molecule has 0 saturated heterocycles. The van der Waals surface area contributed by atoms with Crippen LogP contribution in [0.4, 0.5) is 0 Å². The maximum Gasteiger partial charge on any atom is 0.321 e. The Morgan fingerprint density at radius 3 is 2.14 bits per heavy atom. The molecule has 0 spiro atoms. The number of ether oxygens (including phenoxy) is 1. The summed E-state index contributed by atoms with van der Waals surface area (Å²) >= 11 is 0. The van der Waals surface area contributed by atoms with Crippen molar-refractivity contribution in [3.8, 4) is 0 Å². The molecule has 21 heavy (non-hydrogen) atoms. The molecule has 0 aliphatic carbocycles. The van der Waals surface area contributed by atoms with Crippen LogP contribution in [0.15, 0.2) is 24.3 Å². The number of aliphatic carboxylic acids is 1. The smallest absolute Gasteiger partial charge is 0.321 e. The molecule has 1 aromatic carbocycles. The summed E-state index contributed by atoms with van der Waals surface area (Å²) in [6, 6.07) is 5.85. The average Bonchev–Trinajstić information content (AvgIpc) is 2.37. The number of hydrogen-bond donors (Lipinski definition) is 2. The Balaban J connectivity index is 3.12. The molecule has 2 atom stereocenters. The van der Waals surface area contributed by atoms with E-state index in [4.69, 9.17) is 15.6 Å². The van der Waals surface area contributed by atoms with E-state index in [0.717, 1.165) is 12.0 Å². The molecule has 5 nitrogen and oxygen atoms in total. The Kier molecular flexibility index (Phi) is 5.49. The maximum atomic E-state index is 12.3. The first-order valence-electron chi connectivity index (χ1n) is 6.95. The Morgan fingerprint density at radius 2 is 1.76 bits per heavy atom. The van der Waals surface area contributed by atoms with E-state index in [9.17, 15) is 9.59 Å². The quantitative estimate of drug-likeness (QED) is 0.811. The van der Waals surface area contributed by atoms with Crippen molar-refractivity contribution < 1.29 is 19.4 Å². The summed E-state index contributed by atoms with van der Waals surface area (Å²) in [4.78, 5) is 23.5. The van der Waals surface area contributed by atoms with Gasteiger partial charge in [0.1, 0.15) is 17.6 Å². The lowest BCUT2D eigenvalue weighted by atomic mass is 9.91. The van der Waals surface area contributed by atoms with Crippen LogP contribution in [0.1, 0.15) is 44.7 Å². The fourth-order valence-electron chi connectivity index (χ4n) is 1.96. The molecule has 0 aliphatic heterocycles. The molecule has 0 unspecified atom stereocenters. The topological polar surface area (TPSA) is 89.6 Å². The van der Waals surface area contributed by atoms with Crippen molar-refractivity contribution in [2.75, 3.05) is 0 Å². The van der Waals surface area contributed by atoms with Crippen molar-refractivity contribution >= 4 is 11.9 Å². The van der Waals surface area contributed by atoms with Crippen LogP contribution < -0.4 is 5.73 Å². The van der Waals surface area contributed by atoms with Gasteiger partial charge < -0.3 is 15.6 Å². The normalized spacial score (nSPS) is 14.3. The number of esters is 1. The molecule has 3 N–H and O–H groups in total. The summed E-state index contributed by atoms with van der Waals surface area (Å²) < 4.78 is 5.30. The van der Waals surface area contributed by atoms with E-state index in [-0.39, 0.29) is 0 Å². The molecule has 116 valence electrons. The summed E-state index contributed by atoms with van der Waals surface area (Å²) in [6.07, 6.45) is 0.863. The van der Waals surface area contributed by atoms with Gasteiger partial charge in [-0.25, -0.2) is 0 Å². The minimum atomic E-state index is -1.34. The summed E-state index contributed by atoms with van der Waals surface area (Å²) in [5, 5.41) is 9.13. The third kappa shape index (κ3) is 4.86. The molecular formula is C16H23NO4. The van der Waals surface area contributed by atoms with Gasteiger partial charge in [0.2, 0.25) is 0 Å². The van der Waals surface area contributed by atoms with E-state index in [0.29, 0.717) is 5.56 Å². The van der Waals surface area contributed by atoms with E-state index in [2.05, 4.69) is 0 Å². The fourth-order valence-corrected chi connectivity index (χ4v) is 1.96. The molecule has 0 amide bonds. The highest BCUT2D eigenvalue weighted by Crippen LogP contribution is 2.24. The number of rotatable bonds is 5. The Bertz CT molecular complexity index is 502. The van der Waals surface area contributed by atoms with Gasteiger partial charge in [-0.05, 0) is 38.3 Å². The molecule has 0 aromatic heterocycles. The van der Waals surface area contributed by atoms with Crippen LogP contribution in [-0.4, -0.2) is 28.7 Å². The van der Waals surface area contributed by atoms with Gasteiger partial charge in [-0.15, -0.1) is 0 Å². The highest BCUT2D eigenvalue weighted by Gasteiger charge is 2.35. The zero-order valence-electron chi connectivity index (χ0n) is 12.9. The second-order valence-electron chi connectivity index (χ2n) is 5.97. The SMILES string of the molecule is CCc1ccc([C@@H](C(=O)OC(C)(C)C)[C@H](N)C(=O)O)cc1. The van der Waals surface area contributed by atoms with E-state index >= 15 is 0 Å². The predicted molar refractivity (Wildman–Crippen MR) is 80.0 cm³/mol. The number of hydrogen-bond acceptors (Lipinski definition) is 4. The molecular weight excluding hydrogens is 270 g/mol. The van der Waals surface area contributed by atoms with Crippen LogP contribution in [0.5, 0.6) is 0 Å². The second-order valence-corrected chi connectivity index (χ2v) is 5.97. The van der Waals surface area contributed by atoms with Gasteiger partial charge in [0.15, 0.2) is 0 Å². The summed E-state index contributed by atoms with van der Waals surface area (Å²) in [7, 11) is 0. The van der Waals surface area contributed by atoms with Crippen molar-refractivity contribution in [2.45, 2.75) is 51.7 Å². The van der Waals surface area contributed by atoms with Gasteiger partial charge >= 0.3 is 11.9 Å². The van der Waals surface area contributed by atoms with Gasteiger partial charge in [0.05, 0.1) is 0 Å². The standard InChI is InChI=1S/C16H23NO4/c1-5-10-6-8-11(9-7-10)12(13(17)14(18)19)15(20)21-16(2,3)4/h6-9,12-13H,5,17H2,1-4H3,(H,18,19)/t12-,13+/m1/s1. The maximum absolute atomic E-state index is 12.3. The number of aryl methyl sites for hydroxylation is 1. The van der Waals surface area contributed by atoms with Crippen LogP contribution >= 0.6 is 0 Å². The van der Waals surface area contributed by atoms with E-state index in [1.807, 2.05) is 19.1 Å². The van der Waals surface area contributed by atoms with Crippen LogP contribution in [-0.2, 0) is 20.7 Å². The first-order chi connectivity index (χ1) is 9.65. The molecule has 0 radical (unpaired) electrons. The summed E-state index contributed by atoms with van der Waals surface area (Å²) in [5.41, 5.74) is 6.64. The first-order valence-corrected chi connectivity index (χ1v) is 6.95. The monoisotopic (exact) mass is 293 g/mol. The van der Waals surface area contributed by atoms with Gasteiger partial charge in [-0.2, -0.15) is 0 Å². The lowest BCUT2D eigenvalue weighted by Gasteiger charge is -2.26. The van der Waals surface area contributed by atoms with Crippen LogP contribution in [0.3, 0.4) is 0 Å². The highest BCUT2D eigenvalue weighted by atomic mass is 16.6. The lowest BCUT2D eigenvalue weighted by Crippen LogP contribution is -2.42. The van der Waals surface area contributed by atoms with Gasteiger partial charge in [0.25, 0.3) is 0 Å². The molecule has 0 saturated carbocycles. The number of carboxylic acids is 1. The summed E-state index contributed by atoms with van der Waals surface area (Å²) in [6.45, 7) is 7.21. The zero-order chi connectivity index (χ0) is 16.2. The van der Waals surface area contributed by atoms with Gasteiger partial charge in [0, 0.05) is 0 Å². The van der Waals surface area contributed by atoms with Crippen molar-refractivity contribution in [3.63, 3.8) is 0 Å². The van der Waals surface area contributed by atoms with Gasteiger partial charge in [-0.1, -0.05) is 31.2 Å². The molecule has 5 heteroatoms. The fraction of sp³-hybridized carbons (Fsp3) is 0.500. The largest absolute Gasteiger partial charge is 0.480 e. The minimum absolute atomic E-state index is 0.552.